The molecule has 0 aromatic carbocycles. The Labute approximate surface area is 384 Å². The lowest BCUT2D eigenvalue weighted by atomic mass is 9.58. The molecule has 3 aliphatic carbocycles. The number of likely N-dealkylation sites (tertiary alicyclic amines) is 1. The number of H-pyrrole nitrogens is 1. The number of Topliss-reactive ketones (excluding diaryl/α,β-unsaturated/α-hetero) is 1. The number of methoxy groups -OCH3 is 1. The summed E-state index contributed by atoms with van der Waals surface area (Å²) in [6.07, 6.45) is -0.855. The fourth-order valence-corrected chi connectivity index (χ4v) is 11.9. The van der Waals surface area contributed by atoms with Gasteiger partial charge in [0.2, 0.25) is 0 Å². The number of carbonyl (C=O) groups excluding carboxylic acids is 5. The first-order chi connectivity index (χ1) is 29.9. The summed E-state index contributed by atoms with van der Waals surface area (Å²) < 4.78 is 23.3. The largest absolute Gasteiger partial charge is 0.511 e. The third kappa shape index (κ3) is 8.99. The van der Waals surface area contributed by atoms with Crippen molar-refractivity contribution in [1.29, 1.82) is 0 Å². The summed E-state index contributed by atoms with van der Waals surface area (Å²) in [7, 11) is 1.38. The Morgan fingerprint density at radius 1 is 1.09 bits per heavy atom. The van der Waals surface area contributed by atoms with Crippen molar-refractivity contribution in [3.63, 3.8) is 0 Å². The molecule has 2 saturated carbocycles. The van der Waals surface area contributed by atoms with Crippen LogP contribution in [-0.2, 0) is 33.3 Å². The van der Waals surface area contributed by atoms with Gasteiger partial charge in [-0.15, -0.1) is 0 Å². The number of nitrogens with zero attached hydrogens (tertiary/aromatic N) is 1. The van der Waals surface area contributed by atoms with Crippen molar-refractivity contribution in [2.75, 3.05) is 7.11 Å². The zero-order valence-corrected chi connectivity index (χ0v) is 39.4. The second-order valence-electron chi connectivity index (χ2n) is 19.1. The minimum atomic E-state index is -1.79. The zero-order valence-electron chi connectivity index (χ0n) is 37.9. The van der Waals surface area contributed by atoms with E-state index in [1.807, 2.05) is 26.8 Å². The number of amides is 3. The number of esters is 1. The topological polar surface area (TPSA) is 240 Å². The lowest BCUT2D eigenvalue weighted by Crippen LogP contribution is -2.65. The van der Waals surface area contributed by atoms with Crippen LogP contribution in [0.4, 0.5) is 4.79 Å². The number of aromatic nitrogens is 1. The second-order valence-corrected chi connectivity index (χ2v) is 19.9. The molecule has 354 valence electrons. The van der Waals surface area contributed by atoms with Gasteiger partial charge in [0.15, 0.2) is 11.9 Å². The molecule has 16 atom stereocenters. The van der Waals surface area contributed by atoms with Gasteiger partial charge in [0.1, 0.15) is 40.9 Å². The standard InChI is InChI=1S/C46H64Cl2N4O12/c1-18(2)36-38(55)32(44(58)52(36)29-15-21(5)39(64-45(49)59)41(40(29)61-10)63-25(9)53)37(54)31-20(4)12-14-28-26(13-11-19(3)30(28)31)16-27-17-46(60,42(56)23(7)62-27)24(8)51-43(57)35-34(48)33(47)22(6)50-35/h12,14,18,20-21,23-24,26-31,36,39-42,50,54,56,60H,3,11,13,15-17H2,1-2,4-10H3,(H2,49,59)(H,51,57)/t20-,21-,23+,24-,26-,27-,28-,29-,30-,31+,36-,39-,40+,41-,42+,46+/m0/s1. The summed E-state index contributed by atoms with van der Waals surface area (Å²) in [5, 5.41) is 38.9. The van der Waals surface area contributed by atoms with E-state index in [2.05, 4.69) is 23.0 Å². The van der Waals surface area contributed by atoms with Crippen LogP contribution < -0.4 is 11.1 Å². The molecule has 18 heteroatoms. The number of aliphatic hydroxyl groups is 3. The van der Waals surface area contributed by atoms with Crippen molar-refractivity contribution < 1.29 is 58.2 Å². The predicted octanol–water partition coefficient (Wildman–Crippen LogP) is 5.50. The van der Waals surface area contributed by atoms with Crippen LogP contribution in [0.2, 0.25) is 10.0 Å². The first-order valence-corrected chi connectivity index (χ1v) is 22.9. The van der Waals surface area contributed by atoms with Crippen molar-refractivity contribution >= 4 is 52.9 Å². The zero-order chi connectivity index (χ0) is 47.4. The van der Waals surface area contributed by atoms with E-state index in [1.54, 1.807) is 27.7 Å². The van der Waals surface area contributed by atoms with Crippen LogP contribution in [0, 0.1) is 48.3 Å². The van der Waals surface area contributed by atoms with Crippen molar-refractivity contribution in [2.45, 2.75) is 148 Å². The smallest absolute Gasteiger partial charge is 0.404 e. The first-order valence-electron chi connectivity index (χ1n) is 22.2. The van der Waals surface area contributed by atoms with Crippen molar-refractivity contribution in [1.82, 2.24) is 15.2 Å². The van der Waals surface area contributed by atoms with Gasteiger partial charge in [-0.1, -0.05) is 75.2 Å². The van der Waals surface area contributed by atoms with E-state index < -0.39 is 108 Å². The van der Waals surface area contributed by atoms with Gasteiger partial charge in [0.25, 0.3) is 11.8 Å². The van der Waals surface area contributed by atoms with E-state index in [0.29, 0.717) is 25.0 Å². The van der Waals surface area contributed by atoms with Gasteiger partial charge < -0.3 is 55.2 Å². The molecule has 0 spiro atoms. The highest BCUT2D eigenvalue weighted by atomic mass is 35.5. The van der Waals surface area contributed by atoms with E-state index in [1.165, 1.54) is 18.9 Å². The van der Waals surface area contributed by atoms with Gasteiger partial charge in [-0.25, -0.2) is 4.79 Å². The first kappa shape index (κ1) is 49.5. The second kappa shape index (κ2) is 19.1. The Balaban J connectivity index is 1.27. The average Bonchev–Trinajstić information content (AvgIpc) is 3.63. The van der Waals surface area contributed by atoms with Crippen LogP contribution in [0.15, 0.2) is 35.6 Å². The molecule has 1 aromatic heterocycles. The summed E-state index contributed by atoms with van der Waals surface area (Å²) >= 11 is 12.5. The van der Waals surface area contributed by atoms with Crippen molar-refractivity contribution in [3.8, 4) is 0 Å². The number of halogens is 2. The maximum atomic E-state index is 14.9. The van der Waals surface area contributed by atoms with Crippen LogP contribution in [0.3, 0.4) is 0 Å². The maximum absolute atomic E-state index is 14.9. The molecule has 16 nitrogen and oxygen atoms in total. The fourth-order valence-electron chi connectivity index (χ4n) is 11.5. The SMILES string of the molecule is C=C1CC[C@@H](C[C@H]2C[C@@](O)([C@H](C)NC(=O)c3[nH]c(C)c(Cl)c3Cl)[C@H](O)[C@@H](C)O2)[C@@H]2C=C[C@H](C)[C@@H](C(O)=C3C(=O)[C@H](C(C)C)N([C@H]4C[C@H](C)[C@H](OC(N)=O)[C@H](OC(C)=O)[C@@H]4OC)C3=O)[C@@H]12. The molecule has 4 fully saturated rings. The lowest BCUT2D eigenvalue weighted by Gasteiger charge is -2.50. The number of nitrogens with one attached hydrogen (secondary N) is 2. The number of aromatic amines is 1. The Morgan fingerprint density at radius 2 is 1.77 bits per heavy atom. The minimum Gasteiger partial charge on any atom is -0.511 e. The predicted molar refractivity (Wildman–Crippen MR) is 236 cm³/mol. The number of ether oxygens (including phenoxy) is 4. The number of primary amides is 1. The molecule has 0 radical (unpaired) electrons. The van der Waals surface area contributed by atoms with E-state index in [-0.39, 0.29) is 63.6 Å². The number of ketones is 1. The molecule has 5 aliphatic rings. The van der Waals surface area contributed by atoms with E-state index in [4.69, 9.17) is 47.9 Å². The average molecular weight is 936 g/mol. The quantitative estimate of drug-likeness (QED) is 0.0531. The highest BCUT2D eigenvalue weighted by Crippen LogP contribution is 2.53. The summed E-state index contributed by atoms with van der Waals surface area (Å²) in [6, 6.07) is -2.75. The molecule has 6 rings (SSSR count). The van der Waals surface area contributed by atoms with Gasteiger partial charge in [0, 0.05) is 32.1 Å². The fraction of sp³-hybridized carbons (Fsp3) is 0.674. The number of hydrogen-bond donors (Lipinski definition) is 6. The third-order valence-electron chi connectivity index (χ3n) is 14.6. The van der Waals surface area contributed by atoms with Gasteiger partial charge in [-0.05, 0) is 82.0 Å². The van der Waals surface area contributed by atoms with E-state index in [0.717, 1.165) is 5.57 Å². The normalized spacial score (nSPS) is 37.9. The molecule has 3 heterocycles. The number of carbonyl (C=O) groups is 5. The number of aliphatic hydroxyl groups excluding tert-OH is 2. The number of fused-ring (bicyclic) bond motifs is 1. The Kier molecular flexibility index (Phi) is 14.8. The molecular weight excluding hydrogens is 871 g/mol. The molecule has 7 N–H and O–H groups in total. The molecular formula is C46H64Cl2N4O12. The van der Waals surface area contributed by atoms with Crippen LogP contribution >= 0.6 is 23.2 Å². The highest BCUT2D eigenvalue weighted by Gasteiger charge is 2.58. The molecule has 0 bridgehead atoms. The summed E-state index contributed by atoms with van der Waals surface area (Å²) in [5.74, 6) is -5.29. The molecule has 2 saturated heterocycles. The lowest BCUT2D eigenvalue weighted by molar-refractivity contribution is -0.222. The number of nitrogens with two attached hydrogens (primary N) is 1. The number of rotatable bonds is 11. The number of allylic oxidation sites excluding steroid dienone is 4. The Hall–Kier alpha value is -3.93. The molecule has 2 aliphatic heterocycles. The highest BCUT2D eigenvalue weighted by molar-refractivity contribution is 6.44. The number of aryl methyl sites for hydroxylation is 1. The van der Waals surface area contributed by atoms with Crippen LogP contribution in [0.25, 0.3) is 0 Å². The van der Waals surface area contributed by atoms with Crippen LogP contribution in [0.1, 0.15) is 96.8 Å². The van der Waals surface area contributed by atoms with E-state index >= 15 is 0 Å². The maximum Gasteiger partial charge on any atom is 0.404 e. The molecule has 3 amide bonds. The van der Waals surface area contributed by atoms with Gasteiger partial charge >= 0.3 is 12.1 Å². The monoisotopic (exact) mass is 934 g/mol. The van der Waals surface area contributed by atoms with Gasteiger partial charge in [-0.2, -0.15) is 0 Å². The minimum absolute atomic E-state index is 0.00271. The molecule has 64 heavy (non-hydrogen) atoms. The van der Waals surface area contributed by atoms with Gasteiger partial charge in [-0.3, -0.25) is 19.2 Å². The Morgan fingerprint density at radius 3 is 2.34 bits per heavy atom. The van der Waals surface area contributed by atoms with Crippen molar-refractivity contribution in [3.05, 3.63) is 57.1 Å². The third-order valence-corrected chi connectivity index (χ3v) is 15.5. The molecule has 1 aromatic rings. The van der Waals surface area contributed by atoms with Crippen LogP contribution in [0.5, 0.6) is 0 Å². The van der Waals surface area contributed by atoms with E-state index in [9.17, 15) is 39.3 Å². The van der Waals surface area contributed by atoms with Gasteiger partial charge in [0.05, 0.1) is 40.4 Å². The number of hydrogen-bond acceptors (Lipinski definition) is 12. The molecule has 0 unspecified atom stereocenters. The summed E-state index contributed by atoms with van der Waals surface area (Å²) in [5.41, 5.74) is 4.73. The van der Waals surface area contributed by atoms with Crippen molar-refractivity contribution in [2.24, 2.45) is 47.2 Å². The Bertz CT molecular complexity index is 2090. The van der Waals surface area contributed by atoms with Crippen LogP contribution in [-0.4, -0.2) is 122 Å². The summed E-state index contributed by atoms with van der Waals surface area (Å²) in [6.45, 7) is 17.9. The summed E-state index contributed by atoms with van der Waals surface area (Å²) in [4.78, 5) is 71.4.